The molecule has 0 saturated carbocycles. The first kappa shape index (κ1) is 22.3. The maximum Gasteiger partial charge on any atom is 0.192 e. The van der Waals surface area contributed by atoms with Gasteiger partial charge in [0.15, 0.2) is 26.3 Å². The van der Waals surface area contributed by atoms with Gasteiger partial charge < -0.3 is 10.2 Å². The standard InChI is InChI=1S/C23H22ClN7O2S/c1-15-18(4-6-21(28-15)34(2,32)33)29-22-23-27-14-19(31(23)12-9-25-22)16-7-10-30(11-8-16)20-5-3-17(24)13-26-20/h3-7,9,12-14H,8,10-11H2,1-2H3,(H,25,29). The van der Waals surface area contributed by atoms with Gasteiger partial charge in [-0.2, -0.15) is 0 Å². The SMILES string of the molecule is Cc1nc(S(C)(=O)=O)ccc1Nc1nccn2c(C3=CCN(c4ccc(Cl)cn4)CC3)cnc12. The first-order valence-corrected chi connectivity index (χ1v) is 12.9. The number of rotatable bonds is 5. The molecule has 0 radical (unpaired) electrons. The number of sulfone groups is 1. The van der Waals surface area contributed by atoms with Crippen molar-refractivity contribution in [3.05, 3.63) is 71.5 Å². The Kier molecular flexibility index (Phi) is 5.70. The van der Waals surface area contributed by atoms with Crippen molar-refractivity contribution < 1.29 is 8.42 Å². The number of nitrogens with zero attached hydrogens (tertiary/aromatic N) is 6. The third kappa shape index (κ3) is 4.34. The molecule has 174 valence electrons. The molecule has 1 N–H and O–H groups in total. The molecule has 0 unspecified atom stereocenters. The largest absolute Gasteiger partial charge is 0.353 e. The van der Waals surface area contributed by atoms with Gasteiger partial charge in [0.2, 0.25) is 0 Å². The summed E-state index contributed by atoms with van der Waals surface area (Å²) in [4.78, 5) is 19.9. The lowest BCUT2D eigenvalue weighted by atomic mass is 10.1. The lowest BCUT2D eigenvalue weighted by Gasteiger charge is -2.27. The van der Waals surface area contributed by atoms with Gasteiger partial charge in [-0.25, -0.2) is 28.4 Å². The van der Waals surface area contributed by atoms with E-state index >= 15 is 0 Å². The number of hydrogen-bond acceptors (Lipinski definition) is 8. The Morgan fingerprint density at radius 1 is 1.09 bits per heavy atom. The quantitative estimate of drug-likeness (QED) is 0.444. The van der Waals surface area contributed by atoms with Crippen LogP contribution in [0.15, 0.2) is 60.2 Å². The van der Waals surface area contributed by atoms with Crippen LogP contribution in [0.3, 0.4) is 0 Å². The summed E-state index contributed by atoms with van der Waals surface area (Å²) in [6.07, 6.45) is 11.3. The van der Waals surface area contributed by atoms with Crippen LogP contribution in [0.5, 0.6) is 0 Å². The normalized spacial score (nSPS) is 14.3. The Morgan fingerprint density at radius 3 is 2.62 bits per heavy atom. The van der Waals surface area contributed by atoms with E-state index in [0.29, 0.717) is 27.9 Å². The van der Waals surface area contributed by atoms with Gasteiger partial charge in [-0.1, -0.05) is 17.7 Å². The number of pyridine rings is 2. The third-order valence-corrected chi connectivity index (χ3v) is 6.91. The van der Waals surface area contributed by atoms with E-state index in [-0.39, 0.29) is 5.03 Å². The summed E-state index contributed by atoms with van der Waals surface area (Å²) in [5.74, 6) is 1.47. The van der Waals surface area contributed by atoms with Crippen LogP contribution in [0.2, 0.25) is 5.02 Å². The Hall–Kier alpha value is -3.50. The lowest BCUT2D eigenvalue weighted by molar-refractivity contribution is 0.598. The van der Waals surface area contributed by atoms with Crippen LogP contribution in [0.4, 0.5) is 17.3 Å². The molecule has 11 heteroatoms. The Labute approximate surface area is 202 Å². The summed E-state index contributed by atoms with van der Waals surface area (Å²) in [7, 11) is -3.37. The summed E-state index contributed by atoms with van der Waals surface area (Å²) in [6.45, 7) is 3.33. The van der Waals surface area contributed by atoms with Crippen molar-refractivity contribution in [3.8, 4) is 0 Å². The molecule has 0 amide bonds. The molecule has 34 heavy (non-hydrogen) atoms. The van der Waals surface area contributed by atoms with Crippen LogP contribution in [0.1, 0.15) is 17.8 Å². The van der Waals surface area contributed by atoms with Crippen molar-refractivity contribution in [3.63, 3.8) is 0 Å². The first-order valence-electron chi connectivity index (χ1n) is 10.6. The summed E-state index contributed by atoms with van der Waals surface area (Å²) in [5, 5.41) is 3.91. The van der Waals surface area contributed by atoms with Crippen LogP contribution in [-0.4, -0.2) is 52.1 Å². The van der Waals surface area contributed by atoms with Crippen molar-refractivity contribution in [2.45, 2.75) is 18.4 Å². The Bertz CT molecular complexity index is 1510. The van der Waals surface area contributed by atoms with Crippen molar-refractivity contribution in [1.82, 2.24) is 24.3 Å². The van der Waals surface area contributed by atoms with Crippen LogP contribution >= 0.6 is 11.6 Å². The molecule has 0 aliphatic carbocycles. The molecular weight excluding hydrogens is 474 g/mol. The average Bonchev–Trinajstić information content (AvgIpc) is 3.25. The number of aryl methyl sites for hydroxylation is 1. The highest BCUT2D eigenvalue weighted by molar-refractivity contribution is 7.90. The van der Waals surface area contributed by atoms with Gasteiger partial charge in [-0.3, -0.25) is 4.40 Å². The van der Waals surface area contributed by atoms with E-state index in [0.717, 1.165) is 37.3 Å². The van der Waals surface area contributed by atoms with E-state index in [1.807, 2.05) is 28.9 Å². The van der Waals surface area contributed by atoms with Crippen LogP contribution in [0, 0.1) is 6.92 Å². The zero-order valence-electron chi connectivity index (χ0n) is 18.6. The van der Waals surface area contributed by atoms with Gasteiger partial charge in [0, 0.05) is 37.9 Å². The van der Waals surface area contributed by atoms with Gasteiger partial charge in [0.25, 0.3) is 0 Å². The lowest BCUT2D eigenvalue weighted by Crippen LogP contribution is -2.29. The molecule has 0 fully saturated rings. The molecule has 0 atom stereocenters. The molecule has 1 aliphatic heterocycles. The van der Waals surface area contributed by atoms with E-state index in [4.69, 9.17) is 11.6 Å². The number of halogens is 1. The number of anilines is 3. The zero-order chi connectivity index (χ0) is 23.9. The Balaban J connectivity index is 1.40. The maximum absolute atomic E-state index is 11.8. The van der Waals surface area contributed by atoms with Gasteiger partial charge >= 0.3 is 0 Å². The Morgan fingerprint density at radius 2 is 1.94 bits per heavy atom. The van der Waals surface area contributed by atoms with Crippen LogP contribution < -0.4 is 10.2 Å². The van der Waals surface area contributed by atoms with Gasteiger partial charge in [-0.15, -0.1) is 0 Å². The maximum atomic E-state index is 11.8. The summed E-state index contributed by atoms with van der Waals surface area (Å²) in [5.41, 5.74) is 4.10. The molecule has 0 saturated heterocycles. The highest BCUT2D eigenvalue weighted by atomic mass is 35.5. The van der Waals surface area contributed by atoms with E-state index in [2.05, 4.69) is 36.2 Å². The smallest absolute Gasteiger partial charge is 0.192 e. The molecule has 1 aliphatic rings. The second-order valence-corrected chi connectivity index (χ2v) is 10.5. The van der Waals surface area contributed by atoms with Crippen molar-refractivity contribution in [2.75, 3.05) is 29.6 Å². The molecule has 4 aromatic heterocycles. The summed E-state index contributed by atoms with van der Waals surface area (Å²) < 4.78 is 25.5. The summed E-state index contributed by atoms with van der Waals surface area (Å²) >= 11 is 5.95. The topological polar surface area (TPSA) is 105 Å². The predicted octanol–water partition coefficient (Wildman–Crippen LogP) is 3.92. The molecular formula is C23H22ClN7O2S. The number of hydrogen-bond donors (Lipinski definition) is 1. The van der Waals surface area contributed by atoms with Crippen LogP contribution in [0.25, 0.3) is 11.2 Å². The number of aromatic nitrogens is 5. The predicted molar refractivity (Wildman–Crippen MR) is 132 cm³/mol. The fraction of sp³-hybridized carbons (Fsp3) is 0.217. The van der Waals surface area contributed by atoms with E-state index in [9.17, 15) is 8.42 Å². The molecule has 0 spiro atoms. The van der Waals surface area contributed by atoms with E-state index < -0.39 is 9.84 Å². The number of imidazole rings is 1. The molecule has 0 bridgehead atoms. The number of fused-ring (bicyclic) bond motifs is 1. The third-order valence-electron chi connectivity index (χ3n) is 5.70. The highest BCUT2D eigenvalue weighted by Gasteiger charge is 2.19. The van der Waals surface area contributed by atoms with Crippen molar-refractivity contribution >= 4 is 50.0 Å². The molecule has 5 heterocycles. The fourth-order valence-electron chi connectivity index (χ4n) is 3.91. The fourth-order valence-corrected chi connectivity index (χ4v) is 4.64. The first-order chi connectivity index (χ1) is 16.3. The average molecular weight is 496 g/mol. The molecule has 4 aromatic rings. The minimum Gasteiger partial charge on any atom is -0.353 e. The molecule has 0 aromatic carbocycles. The minimum atomic E-state index is -3.37. The van der Waals surface area contributed by atoms with E-state index in [1.165, 1.54) is 11.6 Å². The number of nitrogens with one attached hydrogen (secondary N) is 1. The van der Waals surface area contributed by atoms with E-state index in [1.54, 1.807) is 25.4 Å². The molecule has 5 rings (SSSR count). The zero-order valence-corrected chi connectivity index (χ0v) is 20.2. The van der Waals surface area contributed by atoms with Gasteiger partial charge in [-0.05, 0) is 43.2 Å². The second kappa shape index (κ2) is 8.69. The second-order valence-electron chi connectivity index (χ2n) is 8.05. The minimum absolute atomic E-state index is 0.0388. The van der Waals surface area contributed by atoms with Crippen molar-refractivity contribution in [1.29, 1.82) is 0 Å². The van der Waals surface area contributed by atoms with Gasteiger partial charge in [0.1, 0.15) is 5.82 Å². The van der Waals surface area contributed by atoms with Crippen LogP contribution in [-0.2, 0) is 9.84 Å². The van der Waals surface area contributed by atoms with Gasteiger partial charge in [0.05, 0.1) is 28.3 Å². The summed E-state index contributed by atoms with van der Waals surface area (Å²) in [6, 6.07) is 6.95. The van der Waals surface area contributed by atoms with Crippen molar-refractivity contribution in [2.24, 2.45) is 0 Å². The monoisotopic (exact) mass is 495 g/mol. The highest BCUT2D eigenvalue weighted by Crippen LogP contribution is 2.28. The molecule has 9 nitrogen and oxygen atoms in total.